The topological polar surface area (TPSA) is 108 Å². The lowest BCUT2D eigenvalue weighted by Crippen LogP contribution is -2.38. The third kappa shape index (κ3) is 5.39. The van der Waals surface area contributed by atoms with Gasteiger partial charge in [0.25, 0.3) is 5.91 Å². The molecule has 14 heteroatoms. The van der Waals surface area contributed by atoms with E-state index in [-0.39, 0.29) is 70.3 Å². The zero-order valence-electron chi connectivity index (χ0n) is 25.5. The van der Waals surface area contributed by atoms with Crippen LogP contribution in [0.1, 0.15) is 63.7 Å². The molecule has 1 N–H and O–H groups in total. The molecule has 0 spiro atoms. The average molecular weight is 672 g/mol. The van der Waals surface area contributed by atoms with Crippen molar-refractivity contribution < 1.29 is 37.1 Å². The Morgan fingerprint density at radius 3 is 2.51 bits per heavy atom. The summed E-state index contributed by atoms with van der Waals surface area (Å²) in [6, 6.07) is 7.20. The molecule has 0 bridgehead atoms. The molecule has 246 valence electrons. The summed E-state index contributed by atoms with van der Waals surface area (Å²) in [4.78, 5) is 41.2. The van der Waals surface area contributed by atoms with Crippen LogP contribution in [0.4, 0.5) is 17.6 Å². The van der Waals surface area contributed by atoms with Crippen LogP contribution in [0.2, 0.25) is 5.02 Å². The molecule has 2 heterocycles. The van der Waals surface area contributed by atoms with Crippen molar-refractivity contribution in [3.05, 3.63) is 86.5 Å². The first-order chi connectivity index (χ1) is 22.2. The number of nitrogens with zero attached hydrogens (tertiary/aromatic N) is 5. The third-order valence-electron chi connectivity index (χ3n) is 9.50. The minimum atomic E-state index is -4.64. The molecule has 1 amide bonds. The number of hydrazone groups is 1. The van der Waals surface area contributed by atoms with Crippen molar-refractivity contribution in [2.24, 2.45) is 11.0 Å². The average Bonchev–Trinajstić information content (AvgIpc) is 3.65. The van der Waals surface area contributed by atoms with Crippen LogP contribution in [-0.2, 0) is 23.1 Å². The maximum absolute atomic E-state index is 15.4. The zero-order valence-corrected chi connectivity index (χ0v) is 26.3. The standard InChI is InChI=1S/C33H30ClF4N5O4/c1-17-15-42(16-26(17)41(3)39-2)29(44)18-7-10-21-25(14-18)43(40-28(21)20-9-8-19(31(46)47)13-24(20)35)30(45)27-22(5-4-6-23(27)34)32(11-12-32)33(36,37)38/h4-6,8-9,13,18H,2,7,10-12,14-16H2,1,3H3,(H,46,47). The Kier molecular flexibility index (Phi) is 8.02. The summed E-state index contributed by atoms with van der Waals surface area (Å²) in [7, 11) is 1.73. The lowest BCUT2D eigenvalue weighted by Gasteiger charge is -2.28. The van der Waals surface area contributed by atoms with Gasteiger partial charge in [0.05, 0.1) is 45.2 Å². The lowest BCUT2D eigenvalue weighted by atomic mass is 9.84. The molecule has 6 rings (SSSR count). The second kappa shape index (κ2) is 11.6. The highest BCUT2D eigenvalue weighted by Gasteiger charge is 2.65. The normalized spacial score (nSPS) is 18.6. The molecule has 1 saturated carbocycles. The fourth-order valence-corrected chi connectivity index (χ4v) is 7.01. The van der Waals surface area contributed by atoms with Crippen LogP contribution >= 0.6 is 11.6 Å². The molecule has 3 aromatic rings. The summed E-state index contributed by atoms with van der Waals surface area (Å²) in [6.07, 6.45) is -4.51. The van der Waals surface area contributed by atoms with E-state index in [4.69, 9.17) is 11.6 Å². The van der Waals surface area contributed by atoms with Crippen LogP contribution in [0.3, 0.4) is 0 Å². The van der Waals surface area contributed by atoms with E-state index in [2.05, 4.69) is 16.9 Å². The Hall–Kier alpha value is -4.52. The second-order valence-corrected chi connectivity index (χ2v) is 12.7. The van der Waals surface area contributed by atoms with E-state index in [1.165, 1.54) is 30.3 Å². The predicted molar refractivity (Wildman–Crippen MR) is 165 cm³/mol. The van der Waals surface area contributed by atoms with Gasteiger partial charge in [-0.15, -0.1) is 0 Å². The zero-order chi connectivity index (χ0) is 34.0. The number of aromatic carboxylic acids is 1. The lowest BCUT2D eigenvalue weighted by molar-refractivity contribution is -0.160. The van der Waals surface area contributed by atoms with E-state index in [1.54, 1.807) is 17.0 Å². The molecular weight excluding hydrogens is 642 g/mol. The van der Waals surface area contributed by atoms with E-state index in [0.717, 1.165) is 22.0 Å². The number of rotatable bonds is 7. The van der Waals surface area contributed by atoms with Gasteiger partial charge in [0.1, 0.15) is 5.82 Å². The fraction of sp³-hybridized carbons (Fsp3) is 0.364. The maximum atomic E-state index is 15.4. The van der Waals surface area contributed by atoms with Gasteiger partial charge < -0.3 is 10.0 Å². The van der Waals surface area contributed by atoms with Crippen LogP contribution in [0.5, 0.6) is 0 Å². The summed E-state index contributed by atoms with van der Waals surface area (Å²) in [6.45, 7) is 6.10. The highest BCUT2D eigenvalue weighted by atomic mass is 35.5. The molecule has 3 aliphatic rings. The molecule has 2 aromatic carbocycles. The van der Waals surface area contributed by atoms with Crippen molar-refractivity contribution in [3.63, 3.8) is 0 Å². The molecule has 1 fully saturated rings. The summed E-state index contributed by atoms with van der Waals surface area (Å²) in [5.41, 5.74) is -0.722. The number of fused-ring (bicyclic) bond motifs is 1. The molecule has 0 radical (unpaired) electrons. The highest BCUT2D eigenvalue weighted by Crippen LogP contribution is 2.60. The first kappa shape index (κ1) is 32.4. The number of carboxylic acid groups (broad SMARTS) is 1. The van der Waals surface area contributed by atoms with E-state index in [1.807, 2.05) is 6.92 Å². The minimum Gasteiger partial charge on any atom is -0.478 e. The van der Waals surface area contributed by atoms with Gasteiger partial charge in [0, 0.05) is 43.8 Å². The number of carbonyl (C=O) groups is 3. The Bertz CT molecular complexity index is 1880. The summed E-state index contributed by atoms with van der Waals surface area (Å²) in [5.74, 6) is -3.97. The van der Waals surface area contributed by atoms with Gasteiger partial charge in [-0.25, -0.2) is 9.18 Å². The van der Waals surface area contributed by atoms with Crippen LogP contribution in [0.15, 0.2) is 52.8 Å². The predicted octanol–water partition coefficient (Wildman–Crippen LogP) is 6.09. The molecule has 47 heavy (non-hydrogen) atoms. The van der Waals surface area contributed by atoms with Gasteiger partial charge >= 0.3 is 12.1 Å². The van der Waals surface area contributed by atoms with E-state index in [0.29, 0.717) is 25.1 Å². The van der Waals surface area contributed by atoms with Gasteiger partial charge in [-0.2, -0.15) is 28.1 Å². The number of hydrogen-bond donors (Lipinski definition) is 1. The van der Waals surface area contributed by atoms with Crippen molar-refractivity contribution in [1.82, 2.24) is 19.7 Å². The molecule has 9 nitrogen and oxygen atoms in total. The number of halogens is 5. The van der Waals surface area contributed by atoms with Crippen molar-refractivity contribution >= 4 is 36.1 Å². The number of amides is 1. The van der Waals surface area contributed by atoms with Crippen molar-refractivity contribution in [2.45, 2.75) is 50.6 Å². The number of hydrogen-bond acceptors (Lipinski definition) is 6. The van der Waals surface area contributed by atoms with Gasteiger partial charge in [-0.3, -0.25) is 14.6 Å². The van der Waals surface area contributed by atoms with Crippen molar-refractivity contribution in [2.75, 3.05) is 20.1 Å². The largest absolute Gasteiger partial charge is 0.478 e. The molecule has 2 aliphatic carbocycles. The smallest absolute Gasteiger partial charge is 0.398 e. The fourth-order valence-electron chi connectivity index (χ4n) is 6.75. The van der Waals surface area contributed by atoms with Crippen LogP contribution in [0.25, 0.3) is 11.3 Å². The van der Waals surface area contributed by atoms with E-state index in [9.17, 15) is 32.7 Å². The monoisotopic (exact) mass is 671 g/mol. The quantitative estimate of drug-likeness (QED) is 0.185. The number of benzene rings is 2. The summed E-state index contributed by atoms with van der Waals surface area (Å²) in [5, 5.41) is 19.1. The number of alkyl halides is 3. The summed E-state index contributed by atoms with van der Waals surface area (Å²) < 4.78 is 59.2. The van der Waals surface area contributed by atoms with E-state index >= 15 is 4.39 Å². The molecule has 1 atom stereocenters. The number of carboxylic acids is 1. The van der Waals surface area contributed by atoms with Crippen LogP contribution < -0.4 is 0 Å². The summed E-state index contributed by atoms with van der Waals surface area (Å²) >= 11 is 6.44. The van der Waals surface area contributed by atoms with Gasteiger partial charge in [-0.1, -0.05) is 23.7 Å². The molecular formula is C33H30ClF4N5O4. The van der Waals surface area contributed by atoms with Gasteiger partial charge in [-0.05, 0) is 68.0 Å². The molecule has 1 unspecified atom stereocenters. The van der Waals surface area contributed by atoms with Gasteiger partial charge in [0.15, 0.2) is 0 Å². The Labute approximate surface area is 272 Å². The minimum absolute atomic E-state index is 0.00631. The van der Waals surface area contributed by atoms with Crippen LogP contribution in [0, 0.1) is 11.7 Å². The SMILES string of the molecule is C=NN(C)C1=C(C)CN(C(=O)C2CCc3c(-c4ccc(C(=O)O)cc4F)nn(C(=O)c4c(Cl)cccc4C4(C(F)(F)F)CC4)c3C2)C1. The number of likely N-dealkylation sites (N-methyl/N-ethyl adjacent to an activating group) is 1. The Morgan fingerprint density at radius 1 is 1.17 bits per heavy atom. The third-order valence-corrected chi connectivity index (χ3v) is 9.81. The van der Waals surface area contributed by atoms with Crippen LogP contribution in [-0.4, -0.2) is 75.6 Å². The van der Waals surface area contributed by atoms with E-state index < -0.39 is 35.2 Å². The first-order valence-electron chi connectivity index (χ1n) is 14.9. The Balaban J connectivity index is 1.44. The highest BCUT2D eigenvalue weighted by molar-refractivity contribution is 6.34. The van der Waals surface area contributed by atoms with Gasteiger partial charge in [0.2, 0.25) is 5.91 Å². The molecule has 1 aliphatic heterocycles. The van der Waals surface area contributed by atoms with Crippen molar-refractivity contribution in [1.29, 1.82) is 0 Å². The Morgan fingerprint density at radius 2 is 1.89 bits per heavy atom. The molecule has 0 saturated heterocycles. The molecule has 1 aromatic heterocycles. The second-order valence-electron chi connectivity index (χ2n) is 12.3. The first-order valence-corrected chi connectivity index (χ1v) is 15.3. The maximum Gasteiger partial charge on any atom is 0.398 e. The number of aromatic nitrogens is 2. The van der Waals surface area contributed by atoms with Crippen molar-refractivity contribution in [3.8, 4) is 11.3 Å². The number of carbonyl (C=O) groups excluding carboxylic acids is 2.